The smallest absolute Gasteiger partial charge is 0.136 e. The summed E-state index contributed by atoms with van der Waals surface area (Å²) in [5.41, 5.74) is 0.899. The number of ether oxygens (including phenoxy) is 1. The van der Waals surface area contributed by atoms with E-state index in [4.69, 9.17) is 4.74 Å². The van der Waals surface area contributed by atoms with Gasteiger partial charge in [0.25, 0.3) is 0 Å². The highest BCUT2D eigenvalue weighted by Crippen LogP contribution is 2.25. The summed E-state index contributed by atoms with van der Waals surface area (Å²) in [6, 6.07) is 4.33. The molecule has 0 heterocycles. The van der Waals surface area contributed by atoms with E-state index in [1.807, 2.05) is 6.92 Å². The molecule has 0 aliphatic rings. The van der Waals surface area contributed by atoms with Crippen LogP contribution in [0, 0.1) is 5.82 Å². The molecule has 0 unspecified atom stereocenters. The highest BCUT2D eigenvalue weighted by Gasteiger charge is 2.02. The second-order valence-electron chi connectivity index (χ2n) is 2.82. The van der Waals surface area contributed by atoms with E-state index >= 15 is 0 Å². The highest BCUT2D eigenvalue weighted by molar-refractivity contribution is 9.10. The van der Waals surface area contributed by atoms with Crippen molar-refractivity contribution in [1.29, 1.82) is 0 Å². The van der Waals surface area contributed by atoms with E-state index in [0.717, 1.165) is 10.0 Å². The molecule has 0 saturated carbocycles. The average Bonchev–Trinajstić information content (AvgIpc) is 2.06. The Kier molecular flexibility index (Phi) is 3.48. The number of benzene rings is 1. The first-order valence-corrected chi connectivity index (χ1v) is 4.61. The topological polar surface area (TPSA) is 9.23 Å². The van der Waals surface area contributed by atoms with E-state index < -0.39 is 0 Å². The monoisotopic (exact) mass is 244 g/mol. The molecule has 1 aromatic carbocycles. The summed E-state index contributed by atoms with van der Waals surface area (Å²) in [7, 11) is 0. The molecular formula is C10H10BrFO. The van der Waals surface area contributed by atoms with Crippen molar-refractivity contribution in [3.05, 3.63) is 40.6 Å². The zero-order valence-corrected chi connectivity index (χ0v) is 8.90. The van der Waals surface area contributed by atoms with E-state index in [1.54, 1.807) is 6.07 Å². The maximum atomic E-state index is 12.7. The van der Waals surface area contributed by atoms with Crippen LogP contribution in [0.3, 0.4) is 0 Å². The third-order valence-electron chi connectivity index (χ3n) is 1.37. The van der Waals surface area contributed by atoms with Gasteiger partial charge in [0, 0.05) is 6.07 Å². The lowest BCUT2D eigenvalue weighted by atomic mass is 10.3. The Morgan fingerprint density at radius 3 is 2.92 bits per heavy atom. The number of rotatable bonds is 3. The van der Waals surface area contributed by atoms with Crippen molar-refractivity contribution in [1.82, 2.24) is 0 Å². The van der Waals surface area contributed by atoms with Crippen molar-refractivity contribution in [3.8, 4) is 5.75 Å². The Hall–Kier alpha value is -0.830. The first kappa shape index (κ1) is 10.3. The molecule has 1 aromatic rings. The number of hydrogen-bond acceptors (Lipinski definition) is 1. The van der Waals surface area contributed by atoms with Crippen molar-refractivity contribution < 1.29 is 9.13 Å². The van der Waals surface area contributed by atoms with Crippen LogP contribution in [0.5, 0.6) is 5.75 Å². The van der Waals surface area contributed by atoms with Crippen LogP contribution in [0.15, 0.2) is 34.8 Å². The molecule has 0 fully saturated rings. The normalized spacial score (nSPS) is 9.77. The first-order valence-electron chi connectivity index (χ1n) is 3.82. The van der Waals surface area contributed by atoms with E-state index in [-0.39, 0.29) is 5.82 Å². The Morgan fingerprint density at radius 1 is 1.62 bits per heavy atom. The Bertz CT molecular complexity index is 323. The van der Waals surface area contributed by atoms with Crippen LogP contribution < -0.4 is 4.74 Å². The number of halogens is 2. The molecule has 3 heteroatoms. The van der Waals surface area contributed by atoms with Gasteiger partial charge in [0.2, 0.25) is 0 Å². The van der Waals surface area contributed by atoms with Crippen LogP contribution in [0.1, 0.15) is 6.92 Å². The van der Waals surface area contributed by atoms with Gasteiger partial charge in [0.15, 0.2) is 0 Å². The number of hydrogen-bond donors (Lipinski definition) is 0. The second-order valence-corrected chi connectivity index (χ2v) is 3.67. The standard InChI is InChI=1S/C10H10BrFO/c1-7(2)6-13-10-5-8(12)3-4-9(10)11/h3-5H,1,6H2,2H3. The van der Waals surface area contributed by atoms with Crippen LogP contribution in [-0.4, -0.2) is 6.61 Å². The minimum absolute atomic E-state index is 0.306. The van der Waals surface area contributed by atoms with Gasteiger partial charge in [-0.25, -0.2) is 4.39 Å². The van der Waals surface area contributed by atoms with Crippen molar-refractivity contribution in [2.24, 2.45) is 0 Å². The van der Waals surface area contributed by atoms with E-state index in [2.05, 4.69) is 22.5 Å². The van der Waals surface area contributed by atoms with Crippen molar-refractivity contribution in [2.75, 3.05) is 6.61 Å². The lowest BCUT2D eigenvalue weighted by Gasteiger charge is -2.07. The van der Waals surface area contributed by atoms with Crippen LogP contribution >= 0.6 is 15.9 Å². The summed E-state index contributed by atoms with van der Waals surface area (Å²) in [5.74, 6) is 0.197. The van der Waals surface area contributed by atoms with E-state index in [9.17, 15) is 4.39 Å². The predicted molar refractivity (Wildman–Crippen MR) is 54.4 cm³/mol. The summed E-state index contributed by atoms with van der Waals surface area (Å²) in [6.45, 7) is 5.95. The second kappa shape index (κ2) is 4.42. The molecule has 0 radical (unpaired) electrons. The molecule has 0 saturated heterocycles. The van der Waals surface area contributed by atoms with Crippen LogP contribution in [0.2, 0.25) is 0 Å². The van der Waals surface area contributed by atoms with Gasteiger partial charge >= 0.3 is 0 Å². The SMILES string of the molecule is C=C(C)COc1cc(F)ccc1Br. The summed E-state index contributed by atoms with van der Waals surface area (Å²) >= 11 is 3.26. The fraction of sp³-hybridized carbons (Fsp3) is 0.200. The molecule has 0 aromatic heterocycles. The van der Waals surface area contributed by atoms with Crippen LogP contribution in [-0.2, 0) is 0 Å². The third-order valence-corrected chi connectivity index (χ3v) is 2.02. The molecule has 13 heavy (non-hydrogen) atoms. The molecule has 0 bridgehead atoms. The van der Waals surface area contributed by atoms with E-state index in [1.165, 1.54) is 12.1 Å². The maximum absolute atomic E-state index is 12.7. The summed E-state index contributed by atoms with van der Waals surface area (Å²) < 4.78 is 18.8. The summed E-state index contributed by atoms with van der Waals surface area (Å²) in [5, 5.41) is 0. The van der Waals surface area contributed by atoms with Gasteiger partial charge in [-0.2, -0.15) is 0 Å². The van der Waals surface area contributed by atoms with Gasteiger partial charge in [-0.3, -0.25) is 0 Å². The van der Waals surface area contributed by atoms with Gasteiger partial charge < -0.3 is 4.74 Å². The van der Waals surface area contributed by atoms with Gasteiger partial charge in [-0.05, 0) is 40.6 Å². The van der Waals surface area contributed by atoms with E-state index in [0.29, 0.717) is 12.4 Å². The van der Waals surface area contributed by atoms with Gasteiger partial charge in [-0.15, -0.1) is 0 Å². The molecule has 0 amide bonds. The predicted octanol–water partition coefficient (Wildman–Crippen LogP) is 3.54. The molecule has 0 aliphatic heterocycles. The maximum Gasteiger partial charge on any atom is 0.136 e. The summed E-state index contributed by atoms with van der Waals surface area (Å²) in [4.78, 5) is 0. The van der Waals surface area contributed by atoms with Crippen molar-refractivity contribution in [3.63, 3.8) is 0 Å². The third kappa shape index (κ3) is 3.19. The van der Waals surface area contributed by atoms with Crippen molar-refractivity contribution in [2.45, 2.75) is 6.92 Å². The van der Waals surface area contributed by atoms with Crippen molar-refractivity contribution >= 4 is 15.9 Å². The Balaban J connectivity index is 2.75. The Labute approximate surface area is 85.3 Å². The molecular weight excluding hydrogens is 235 g/mol. The quantitative estimate of drug-likeness (QED) is 0.740. The Morgan fingerprint density at radius 2 is 2.31 bits per heavy atom. The zero-order chi connectivity index (χ0) is 9.84. The largest absolute Gasteiger partial charge is 0.488 e. The van der Waals surface area contributed by atoms with Gasteiger partial charge in [0.05, 0.1) is 4.47 Å². The van der Waals surface area contributed by atoms with Crippen LogP contribution in [0.25, 0.3) is 0 Å². The lowest BCUT2D eigenvalue weighted by Crippen LogP contribution is -1.98. The van der Waals surface area contributed by atoms with Gasteiger partial charge in [-0.1, -0.05) is 6.58 Å². The van der Waals surface area contributed by atoms with Gasteiger partial charge in [0.1, 0.15) is 18.2 Å². The summed E-state index contributed by atoms with van der Waals surface area (Å²) in [6.07, 6.45) is 0. The average molecular weight is 245 g/mol. The highest BCUT2D eigenvalue weighted by atomic mass is 79.9. The molecule has 0 spiro atoms. The first-order chi connectivity index (χ1) is 6.09. The fourth-order valence-corrected chi connectivity index (χ4v) is 1.15. The molecule has 0 aliphatic carbocycles. The minimum Gasteiger partial charge on any atom is -0.488 e. The van der Waals surface area contributed by atoms with Crippen LogP contribution in [0.4, 0.5) is 4.39 Å². The molecule has 0 N–H and O–H groups in total. The molecule has 1 nitrogen and oxygen atoms in total. The molecule has 70 valence electrons. The lowest BCUT2D eigenvalue weighted by molar-refractivity contribution is 0.348. The fourth-order valence-electron chi connectivity index (χ4n) is 0.789. The zero-order valence-electron chi connectivity index (χ0n) is 7.31. The minimum atomic E-state index is -0.306. The molecule has 1 rings (SSSR count). The molecule has 0 atom stereocenters.